The lowest BCUT2D eigenvalue weighted by molar-refractivity contribution is 0.161. The first-order valence-electron chi connectivity index (χ1n) is 7.41. The number of rotatable bonds is 2. The summed E-state index contributed by atoms with van der Waals surface area (Å²) < 4.78 is 0. The van der Waals surface area contributed by atoms with Crippen LogP contribution in [0.2, 0.25) is 5.02 Å². The fraction of sp³-hybridized carbons (Fsp3) is 0.278. The zero-order valence-corrected chi connectivity index (χ0v) is 13.7. The Bertz CT molecular complexity index is 729. The van der Waals surface area contributed by atoms with Crippen molar-refractivity contribution in [2.75, 3.05) is 12.4 Å². The summed E-state index contributed by atoms with van der Waals surface area (Å²) in [5.74, 6) is 0. The molecule has 114 valence electrons. The van der Waals surface area contributed by atoms with Crippen molar-refractivity contribution in [3.05, 3.63) is 64.2 Å². The first kappa shape index (κ1) is 14.9. The summed E-state index contributed by atoms with van der Waals surface area (Å²) in [4.78, 5) is 14.3. The second-order valence-corrected chi connectivity index (χ2v) is 6.15. The number of anilines is 1. The Kier molecular flexibility index (Phi) is 3.61. The second kappa shape index (κ2) is 5.33. The van der Waals surface area contributed by atoms with E-state index in [-0.39, 0.29) is 6.03 Å². The van der Waals surface area contributed by atoms with Crippen LogP contribution in [-0.2, 0) is 5.54 Å². The van der Waals surface area contributed by atoms with Gasteiger partial charge in [0.2, 0.25) is 0 Å². The summed E-state index contributed by atoms with van der Waals surface area (Å²) in [6, 6.07) is 13.9. The molecule has 2 amide bonds. The van der Waals surface area contributed by atoms with E-state index in [1.807, 2.05) is 44.3 Å². The van der Waals surface area contributed by atoms with Crippen molar-refractivity contribution >= 4 is 23.3 Å². The standard InChI is InChI=1S/C18H19ClN2O/c1-4-18(13-8-6-5-7-9-13)15-11-14(19)10-12(2)16(15)20-17(22)21(18)3/h5-11H,4H2,1-3H3,(H,20,22). The van der Waals surface area contributed by atoms with Gasteiger partial charge in [-0.15, -0.1) is 0 Å². The molecule has 2 aromatic carbocycles. The minimum Gasteiger partial charge on any atom is -0.314 e. The molecule has 1 unspecified atom stereocenters. The molecule has 0 bridgehead atoms. The molecule has 22 heavy (non-hydrogen) atoms. The number of carbonyl (C=O) groups is 1. The number of carbonyl (C=O) groups excluding carboxylic acids is 1. The van der Waals surface area contributed by atoms with E-state index in [1.165, 1.54) is 0 Å². The molecule has 2 aromatic rings. The molecule has 1 atom stereocenters. The molecule has 1 aliphatic heterocycles. The van der Waals surface area contributed by atoms with Crippen molar-refractivity contribution < 1.29 is 4.79 Å². The van der Waals surface area contributed by atoms with Crippen LogP contribution < -0.4 is 5.32 Å². The molecule has 0 aromatic heterocycles. The third kappa shape index (κ3) is 2.00. The van der Waals surface area contributed by atoms with Gasteiger partial charge in [-0.05, 0) is 36.6 Å². The lowest BCUT2D eigenvalue weighted by Crippen LogP contribution is -2.53. The Balaban J connectivity index is 2.37. The Morgan fingerprint density at radius 2 is 1.91 bits per heavy atom. The number of amides is 2. The van der Waals surface area contributed by atoms with Crippen molar-refractivity contribution in [2.45, 2.75) is 25.8 Å². The van der Waals surface area contributed by atoms with E-state index in [2.05, 4.69) is 24.4 Å². The average Bonchev–Trinajstić information content (AvgIpc) is 2.51. The highest BCUT2D eigenvalue weighted by atomic mass is 35.5. The van der Waals surface area contributed by atoms with Crippen LogP contribution in [0.25, 0.3) is 0 Å². The van der Waals surface area contributed by atoms with Crippen molar-refractivity contribution in [3.8, 4) is 0 Å². The van der Waals surface area contributed by atoms with Crippen LogP contribution in [0.3, 0.4) is 0 Å². The molecule has 3 rings (SSSR count). The van der Waals surface area contributed by atoms with Crippen LogP contribution in [-0.4, -0.2) is 18.0 Å². The fourth-order valence-electron chi connectivity index (χ4n) is 3.47. The minimum atomic E-state index is -0.505. The summed E-state index contributed by atoms with van der Waals surface area (Å²) in [6.07, 6.45) is 0.772. The molecular weight excluding hydrogens is 296 g/mol. The molecule has 0 saturated carbocycles. The summed E-state index contributed by atoms with van der Waals surface area (Å²) in [6.45, 7) is 4.07. The lowest BCUT2D eigenvalue weighted by Gasteiger charge is -2.47. The predicted octanol–water partition coefficient (Wildman–Crippen LogP) is 4.78. The fourth-order valence-corrected chi connectivity index (χ4v) is 3.75. The number of fused-ring (bicyclic) bond motifs is 1. The number of hydrogen-bond donors (Lipinski definition) is 1. The monoisotopic (exact) mass is 314 g/mol. The molecule has 1 N–H and O–H groups in total. The molecule has 0 fully saturated rings. The topological polar surface area (TPSA) is 32.3 Å². The zero-order chi connectivity index (χ0) is 15.9. The number of halogens is 1. The number of aryl methyl sites for hydroxylation is 1. The van der Waals surface area contributed by atoms with Crippen LogP contribution in [0.5, 0.6) is 0 Å². The van der Waals surface area contributed by atoms with Crippen LogP contribution in [0.4, 0.5) is 10.5 Å². The summed E-state index contributed by atoms with van der Waals surface area (Å²) in [5, 5.41) is 3.68. The number of benzene rings is 2. The highest BCUT2D eigenvalue weighted by Crippen LogP contribution is 2.46. The smallest absolute Gasteiger partial charge is 0.314 e. The molecule has 1 aliphatic rings. The largest absolute Gasteiger partial charge is 0.322 e. The van der Waals surface area contributed by atoms with Gasteiger partial charge in [0.25, 0.3) is 0 Å². The Labute approximate surface area is 135 Å². The second-order valence-electron chi connectivity index (χ2n) is 5.71. The molecule has 0 spiro atoms. The van der Waals surface area contributed by atoms with Gasteiger partial charge in [-0.25, -0.2) is 4.79 Å². The maximum Gasteiger partial charge on any atom is 0.322 e. The van der Waals surface area contributed by atoms with Gasteiger partial charge in [-0.1, -0.05) is 48.9 Å². The molecule has 0 radical (unpaired) electrons. The van der Waals surface area contributed by atoms with Crippen molar-refractivity contribution in [1.82, 2.24) is 4.90 Å². The Hall–Kier alpha value is -2.00. The summed E-state index contributed by atoms with van der Waals surface area (Å²) >= 11 is 6.31. The number of urea groups is 1. The van der Waals surface area contributed by atoms with Crippen molar-refractivity contribution in [2.24, 2.45) is 0 Å². The zero-order valence-electron chi connectivity index (χ0n) is 13.0. The minimum absolute atomic E-state index is 0.0939. The van der Waals surface area contributed by atoms with E-state index in [0.717, 1.165) is 28.8 Å². The number of nitrogens with zero attached hydrogens (tertiary/aromatic N) is 1. The summed E-state index contributed by atoms with van der Waals surface area (Å²) in [5.41, 5.74) is 3.50. The van der Waals surface area contributed by atoms with E-state index >= 15 is 0 Å². The highest BCUT2D eigenvalue weighted by molar-refractivity contribution is 6.31. The first-order chi connectivity index (χ1) is 10.5. The Morgan fingerprint density at radius 3 is 2.55 bits per heavy atom. The normalized spacial score (nSPS) is 20.5. The van der Waals surface area contributed by atoms with Gasteiger partial charge in [-0.2, -0.15) is 0 Å². The van der Waals surface area contributed by atoms with Crippen molar-refractivity contribution in [1.29, 1.82) is 0 Å². The van der Waals surface area contributed by atoms with Crippen LogP contribution in [0.1, 0.15) is 30.0 Å². The highest BCUT2D eigenvalue weighted by Gasteiger charge is 2.45. The van der Waals surface area contributed by atoms with E-state index in [9.17, 15) is 4.79 Å². The maximum atomic E-state index is 12.5. The Morgan fingerprint density at radius 1 is 1.23 bits per heavy atom. The lowest BCUT2D eigenvalue weighted by atomic mass is 9.76. The maximum absolute atomic E-state index is 12.5. The molecule has 1 heterocycles. The third-order valence-corrected chi connectivity index (χ3v) is 4.84. The van der Waals surface area contributed by atoms with Gasteiger partial charge >= 0.3 is 6.03 Å². The molecule has 4 heteroatoms. The average molecular weight is 315 g/mol. The van der Waals surface area contributed by atoms with E-state index in [0.29, 0.717) is 5.02 Å². The van der Waals surface area contributed by atoms with Crippen LogP contribution in [0, 0.1) is 6.92 Å². The molecule has 3 nitrogen and oxygen atoms in total. The van der Waals surface area contributed by atoms with Crippen molar-refractivity contribution in [3.63, 3.8) is 0 Å². The van der Waals surface area contributed by atoms with E-state index in [1.54, 1.807) is 4.90 Å². The predicted molar refractivity (Wildman–Crippen MR) is 90.5 cm³/mol. The molecule has 0 aliphatic carbocycles. The van der Waals surface area contributed by atoms with Gasteiger partial charge in [0.05, 0.1) is 11.2 Å². The van der Waals surface area contributed by atoms with E-state index < -0.39 is 5.54 Å². The van der Waals surface area contributed by atoms with Gasteiger partial charge in [0.15, 0.2) is 0 Å². The SMILES string of the molecule is CCC1(c2ccccc2)c2cc(Cl)cc(C)c2NC(=O)N1C. The van der Waals surface area contributed by atoms with Gasteiger partial charge in [0.1, 0.15) is 0 Å². The van der Waals surface area contributed by atoms with E-state index in [4.69, 9.17) is 11.6 Å². The third-order valence-electron chi connectivity index (χ3n) is 4.62. The van der Waals surface area contributed by atoms with Gasteiger partial charge < -0.3 is 10.2 Å². The molecule has 0 saturated heterocycles. The summed E-state index contributed by atoms with van der Waals surface area (Å²) in [7, 11) is 1.84. The quantitative estimate of drug-likeness (QED) is 0.850. The molecular formula is C18H19ClN2O. The van der Waals surface area contributed by atoms with Gasteiger partial charge in [-0.3, -0.25) is 0 Å². The van der Waals surface area contributed by atoms with Gasteiger partial charge in [0, 0.05) is 17.6 Å². The first-order valence-corrected chi connectivity index (χ1v) is 7.79. The van der Waals surface area contributed by atoms with Crippen LogP contribution >= 0.6 is 11.6 Å². The van der Waals surface area contributed by atoms with Crippen LogP contribution in [0.15, 0.2) is 42.5 Å². The number of hydrogen-bond acceptors (Lipinski definition) is 1. The number of nitrogens with one attached hydrogen (secondary N) is 1.